The van der Waals surface area contributed by atoms with Crippen molar-refractivity contribution >= 4 is 5.91 Å². The molecule has 1 saturated heterocycles. The summed E-state index contributed by atoms with van der Waals surface area (Å²) in [7, 11) is 0. The number of amides is 1. The van der Waals surface area contributed by atoms with E-state index < -0.39 is 0 Å². The quantitative estimate of drug-likeness (QED) is 0.905. The second-order valence-corrected chi connectivity index (χ2v) is 7.40. The van der Waals surface area contributed by atoms with Gasteiger partial charge in [0.15, 0.2) is 11.5 Å². The molecule has 1 aliphatic heterocycles. The fraction of sp³-hybridized carbons (Fsp3) is 0.500. The highest BCUT2D eigenvalue weighted by atomic mass is 16.5. The van der Waals surface area contributed by atoms with Crippen molar-refractivity contribution in [3.8, 4) is 11.3 Å². The maximum Gasteiger partial charge on any atom is 0.273 e. The number of piperidine rings is 1. The molecule has 1 amide bonds. The van der Waals surface area contributed by atoms with E-state index in [1.807, 2.05) is 30.3 Å². The fourth-order valence-corrected chi connectivity index (χ4v) is 3.65. The van der Waals surface area contributed by atoms with E-state index >= 15 is 0 Å². The molecule has 1 fully saturated rings. The molecule has 0 aliphatic carbocycles. The topological polar surface area (TPSA) is 58.4 Å². The van der Waals surface area contributed by atoms with E-state index in [1.54, 1.807) is 6.07 Å². The monoisotopic (exact) mass is 341 g/mol. The number of benzene rings is 1. The molecule has 0 bridgehead atoms. The molecule has 1 aliphatic rings. The van der Waals surface area contributed by atoms with Gasteiger partial charge in [0.05, 0.1) is 0 Å². The Labute approximate surface area is 149 Å². The van der Waals surface area contributed by atoms with Crippen molar-refractivity contribution in [2.24, 2.45) is 11.8 Å². The van der Waals surface area contributed by atoms with Crippen LogP contribution in [-0.4, -0.2) is 41.6 Å². The average molecular weight is 341 g/mol. The van der Waals surface area contributed by atoms with Gasteiger partial charge in [0.25, 0.3) is 5.91 Å². The van der Waals surface area contributed by atoms with Crippen LogP contribution in [0.4, 0.5) is 0 Å². The molecule has 1 N–H and O–H groups in total. The molecule has 1 aromatic heterocycles. The third-order valence-electron chi connectivity index (χ3n) is 4.88. The molecule has 0 saturated carbocycles. The second kappa shape index (κ2) is 7.83. The standard InChI is InChI=1S/C20H27N3O2/c1-14-9-15(2)13-23(12-14)16(3)11-21-20(24)18-10-19(25-22-18)17-7-5-4-6-8-17/h4-8,10,14-16H,9,11-13H2,1-3H3,(H,21,24). The number of carbonyl (C=O) groups is 1. The summed E-state index contributed by atoms with van der Waals surface area (Å²) in [6.45, 7) is 9.59. The van der Waals surface area contributed by atoms with E-state index in [0.29, 0.717) is 35.9 Å². The van der Waals surface area contributed by atoms with Crippen LogP contribution in [0.2, 0.25) is 0 Å². The van der Waals surface area contributed by atoms with Crippen molar-refractivity contribution in [1.82, 2.24) is 15.4 Å². The van der Waals surface area contributed by atoms with Crippen molar-refractivity contribution in [1.29, 1.82) is 0 Å². The normalized spacial score (nSPS) is 22.5. The predicted molar refractivity (Wildman–Crippen MR) is 98.3 cm³/mol. The number of hydrogen-bond donors (Lipinski definition) is 1. The molecule has 2 aromatic rings. The summed E-state index contributed by atoms with van der Waals surface area (Å²) in [5, 5.41) is 6.89. The molecular formula is C20H27N3O2. The number of nitrogens with one attached hydrogen (secondary N) is 1. The van der Waals surface area contributed by atoms with Crippen LogP contribution < -0.4 is 5.32 Å². The van der Waals surface area contributed by atoms with Gasteiger partial charge in [-0.15, -0.1) is 0 Å². The molecule has 5 heteroatoms. The minimum atomic E-state index is -0.184. The van der Waals surface area contributed by atoms with Crippen LogP contribution in [0.15, 0.2) is 40.9 Å². The zero-order valence-electron chi connectivity index (χ0n) is 15.2. The Morgan fingerprint density at radius 3 is 2.64 bits per heavy atom. The number of aromatic nitrogens is 1. The molecule has 3 rings (SSSR count). The number of nitrogens with zero attached hydrogens (tertiary/aromatic N) is 2. The zero-order chi connectivity index (χ0) is 17.8. The van der Waals surface area contributed by atoms with Gasteiger partial charge in [-0.2, -0.15) is 0 Å². The Balaban J connectivity index is 1.55. The smallest absolute Gasteiger partial charge is 0.273 e. The largest absolute Gasteiger partial charge is 0.355 e. The first-order valence-electron chi connectivity index (χ1n) is 9.07. The van der Waals surface area contributed by atoms with E-state index in [0.717, 1.165) is 18.7 Å². The van der Waals surface area contributed by atoms with Crippen LogP contribution in [0.1, 0.15) is 37.7 Å². The maximum atomic E-state index is 12.4. The molecule has 0 radical (unpaired) electrons. The Hall–Kier alpha value is -2.14. The minimum absolute atomic E-state index is 0.184. The van der Waals surface area contributed by atoms with Crippen LogP contribution >= 0.6 is 0 Å². The van der Waals surface area contributed by atoms with Gasteiger partial charge < -0.3 is 9.84 Å². The molecule has 2 heterocycles. The van der Waals surface area contributed by atoms with E-state index in [4.69, 9.17) is 4.52 Å². The Bertz CT molecular complexity index is 688. The van der Waals surface area contributed by atoms with Gasteiger partial charge >= 0.3 is 0 Å². The highest BCUT2D eigenvalue weighted by Gasteiger charge is 2.25. The van der Waals surface area contributed by atoms with Crippen molar-refractivity contribution in [3.05, 3.63) is 42.1 Å². The van der Waals surface area contributed by atoms with Gasteiger partial charge in [-0.3, -0.25) is 9.69 Å². The van der Waals surface area contributed by atoms with E-state index in [9.17, 15) is 4.79 Å². The molecule has 25 heavy (non-hydrogen) atoms. The number of carbonyl (C=O) groups excluding carboxylic acids is 1. The van der Waals surface area contributed by atoms with Gasteiger partial charge in [0.1, 0.15) is 0 Å². The van der Waals surface area contributed by atoms with Crippen molar-refractivity contribution in [2.45, 2.75) is 33.2 Å². The molecule has 0 spiro atoms. The lowest BCUT2D eigenvalue weighted by Crippen LogP contribution is -2.48. The highest BCUT2D eigenvalue weighted by Crippen LogP contribution is 2.22. The first-order chi connectivity index (χ1) is 12.0. The first-order valence-corrected chi connectivity index (χ1v) is 9.07. The van der Waals surface area contributed by atoms with Crippen LogP contribution in [0.25, 0.3) is 11.3 Å². The summed E-state index contributed by atoms with van der Waals surface area (Å²) in [6.07, 6.45) is 1.29. The van der Waals surface area contributed by atoms with Crippen LogP contribution in [0.3, 0.4) is 0 Å². The lowest BCUT2D eigenvalue weighted by atomic mass is 9.91. The maximum absolute atomic E-state index is 12.4. The van der Waals surface area contributed by atoms with E-state index in [1.165, 1.54) is 6.42 Å². The van der Waals surface area contributed by atoms with Crippen molar-refractivity contribution in [2.75, 3.05) is 19.6 Å². The number of likely N-dealkylation sites (tertiary alicyclic amines) is 1. The fourth-order valence-electron chi connectivity index (χ4n) is 3.65. The van der Waals surface area contributed by atoms with Gasteiger partial charge in [0, 0.05) is 37.3 Å². The minimum Gasteiger partial charge on any atom is -0.355 e. The predicted octanol–water partition coefficient (Wildman–Crippen LogP) is 3.44. The summed E-state index contributed by atoms with van der Waals surface area (Å²) in [5.41, 5.74) is 1.24. The van der Waals surface area contributed by atoms with Crippen LogP contribution in [-0.2, 0) is 0 Å². The third kappa shape index (κ3) is 4.48. The molecule has 3 atom stereocenters. The molecular weight excluding hydrogens is 314 g/mol. The molecule has 134 valence electrons. The average Bonchev–Trinajstić information content (AvgIpc) is 3.09. The Morgan fingerprint density at radius 2 is 1.96 bits per heavy atom. The Kier molecular flexibility index (Phi) is 5.53. The van der Waals surface area contributed by atoms with E-state index in [2.05, 4.69) is 36.1 Å². The van der Waals surface area contributed by atoms with Crippen LogP contribution in [0, 0.1) is 11.8 Å². The summed E-state index contributed by atoms with van der Waals surface area (Å²) in [6, 6.07) is 11.7. The van der Waals surface area contributed by atoms with Gasteiger partial charge in [-0.1, -0.05) is 49.3 Å². The Morgan fingerprint density at radius 1 is 1.28 bits per heavy atom. The van der Waals surface area contributed by atoms with Gasteiger partial charge in [0.2, 0.25) is 0 Å². The second-order valence-electron chi connectivity index (χ2n) is 7.40. The molecule has 1 aromatic carbocycles. The lowest BCUT2D eigenvalue weighted by Gasteiger charge is -2.38. The first kappa shape index (κ1) is 17.7. The number of rotatable bonds is 5. The summed E-state index contributed by atoms with van der Waals surface area (Å²) < 4.78 is 5.30. The van der Waals surface area contributed by atoms with E-state index in [-0.39, 0.29) is 5.91 Å². The molecule has 3 unspecified atom stereocenters. The lowest BCUT2D eigenvalue weighted by molar-refractivity contribution is 0.0862. The highest BCUT2D eigenvalue weighted by molar-refractivity contribution is 5.93. The number of hydrogen-bond acceptors (Lipinski definition) is 4. The molecule has 5 nitrogen and oxygen atoms in total. The summed E-state index contributed by atoms with van der Waals surface area (Å²) in [5.74, 6) is 1.85. The van der Waals surface area contributed by atoms with Gasteiger partial charge in [-0.05, 0) is 25.2 Å². The SMILES string of the molecule is CC1CC(C)CN(C(C)CNC(=O)c2cc(-c3ccccc3)on2)C1. The zero-order valence-corrected chi connectivity index (χ0v) is 15.2. The van der Waals surface area contributed by atoms with Crippen molar-refractivity contribution in [3.63, 3.8) is 0 Å². The van der Waals surface area contributed by atoms with Gasteiger partial charge in [-0.25, -0.2) is 0 Å². The van der Waals surface area contributed by atoms with Crippen LogP contribution in [0.5, 0.6) is 0 Å². The summed E-state index contributed by atoms with van der Waals surface area (Å²) >= 11 is 0. The summed E-state index contributed by atoms with van der Waals surface area (Å²) in [4.78, 5) is 14.8. The van der Waals surface area contributed by atoms with Crippen molar-refractivity contribution < 1.29 is 9.32 Å². The third-order valence-corrected chi connectivity index (χ3v) is 4.88.